The van der Waals surface area contributed by atoms with Crippen LogP contribution in [0.4, 0.5) is 0 Å². The molecule has 2 aromatic carbocycles. The lowest BCUT2D eigenvalue weighted by Gasteiger charge is -2.28. The molecule has 0 aromatic heterocycles. The Balaban J connectivity index is 2.18. The average molecular weight is 716 g/mol. The number of ether oxygens (including phenoxy) is 2. The van der Waals surface area contributed by atoms with Crippen molar-refractivity contribution in [3.63, 3.8) is 0 Å². The molecule has 0 aliphatic rings. The van der Waals surface area contributed by atoms with E-state index < -0.39 is 0 Å². The second-order valence-electron chi connectivity index (χ2n) is 8.43. The zero-order valence-electron chi connectivity index (χ0n) is 19.1. The van der Waals surface area contributed by atoms with E-state index in [1.54, 1.807) is 0 Å². The van der Waals surface area contributed by atoms with Gasteiger partial charge in [-0.25, -0.2) is 0 Å². The first-order valence-electron chi connectivity index (χ1n) is 11.2. The largest absolute Gasteiger partial charge is 0.491 e. The zero-order chi connectivity index (χ0) is 24.4. The average Bonchev–Trinajstić information content (AvgIpc) is 2.76. The number of halogens is 4. The van der Waals surface area contributed by atoms with Gasteiger partial charge < -0.3 is 19.7 Å². The van der Waals surface area contributed by atoms with Crippen LogP contribution in [0.15, 0.2) is 42.2 Å². The van der Waals surface area contributed by atoms with Gasteiger partial charge in [0.15, 0.2) is 0 Å². The van der Waals surface area contributed by atoms with Crippen molar-refractivity contribution in [3.05, 3.63) is 53.3 Å². The molecule has 0 saturated carbocycles. The Morgan fingerprint density at radius 3 is 1.24 bits per heavy atom. The van der Waals surface area contributed by atoms with Crippen LogP contribution in [0.3, 0.4) is 0 Å². The quantitative estimate of drug-likeness (QED) is 0.194. The molecule has 0 fully saturated rings. The topological polar surface area (TPSA) is 58.9 Å². The molecule has 33 heavy (non-hydrogen) atoms. The van der Waals surface area contributed by atoms with Crippen LogP contribution in [0, 0.1) is 0 Å². The molecular weight excluding hydrogens is 684 g/mol. The highest BCUT2D eigenvalue weighted by atomic mass is 79.9. The van der Waals surface area contributed by atoms with Crippen molar-refractivity contribution in [1.82, 2.24) is 0 Å². The first-order chi connectivity index (χ1) is 15.7. The van der Waals surface area contributed by atoms with E-state index in [1.807, 2.05) is 0 Å². The van der Waals surface area contributed by atoms with Gasteiger partial charge in [0.1, 0.15) is 11.5 Å². The number of aliphatic hydroxyl groups excluding tert-OH is 2. The Morgan fingerprint density at radius 2 is 0.939 bits per heavy atom. The molecule has 0 radical (unpaired) electrons. The number of unbranched alkanes of at least 4 members (excludes halogenated alkanes) is 4. The Bertz CT molecular complexity index is 784. The summed E-state index contributed by atoms with van der Waals surface area (Å²) in [5, 5.41) is 17.8. The van der Waals surface area contributed by atoms with E-state index in [0.29, 0.717) is 13.2 Å². The van der Waals surface area contributed by atoms with E-state index in [4.69, 9.17) is 19.7 Å². The van der Waals surface area contributed by atoms with Crippen LogP contribution in [-0.2, 0) is 5.41 Å². The monoisotopic (exact) mass is 712 g/mol. The van der Waals surface area contributed by atoms with Crippen molar-refractivity contribution in [2.75, 3.05) is 26.4 Å². The maximum Gasteiger partial charge on any atom is 0.147 e. The summed E-state index contributed by atoms with van der Waals surface area (Å²) in [6, 6.07) is 8.45. The number of aliphatic hydroxyl groups is 2. The fourth-order valence-corrected chi connectivity index (χ4v) is 6.24. The second-order valence-corrected chi connectivity index (χ2v) is 11.8. The van der Waals surface area contributed by atoms with Crippen LogP contribution in [0.2, 0.25) is 0 Å². The highest BCUT2D eigenvalue weighted by Gasteiger charge is 2.27. The van der Waals surface area contributed by atoms with E-state index in [-0.39, 0.29) is 18.6 Å². The van der Waals surface area contributed by atoms with Crippen molar-refractivity contribution < 1.29 is 19.7 Å². The first kappa shape index (κ1) is 29.1. The summed E-state index contributed by atoms with van der Waals surface area (Å²) in [6.07, 6.45) is 5.32. The molecule has 0 aliphatic heterocycles. The van der Waals surface area contributed by atoms with E-state index >= 15 is 0 Å². The molecule has 0 heterocycles. The van der Waals surface area contributed by atoms with E-state index in [1.165, 1.54) is 0 Å². The lowest BCUT2D eigenvalue weighted by molar-refractivity contribution is 0.264. The third kappa shape index (κ3) is 8.50. The second kappa shape index (κ2) is 14.4. The maximum atomic E-state index is 8.91. The van der Waals surface area contributed by atoms with Gasteiger partial charge in [-0.15, -0.1) is 0 Å². The number of hydrogen-bond donors (Lipinski definition) is 2. The van der Waals surface area contributed by atoms with Crippen molar-refractivity contribution >= 4 is 63.7 Å². The Morgan fingerprint density at radius 1 is 0.606 bits per heavy atom. The van der Waals surface area contributed by atoms with Gasteiger partial charge in [-0.1, -0.05) is 13.8 Å². The third-order valence-corrected chi connectivity index (χ3v) is 7.89. The van der Waals surface area contributed by atoms with Gasteiger partial charge in [0.2, 0.25) is 0 Å². The van der Waals surface area contributed by atoms with Gasteiger partial charge in [0.05, 0.1) is 31.1 Å². The maximum absolute atomic E-state index is 8.91. The number of rotatable bonds is 14. The fraction of sp³-hybridized carbons (Fsp3) is 0.520. The summed E-state index contributed by atoms with van der Waals surface area (Å²) in [7, 11) is 0. The Kier molecular flexibility index (Phi) is 12.7. The van der Waals surface area contributed by atoms with E-state index in [9.17, 15) is 0 Å². The SMILES string of the molecule is CC(C)(c1cc(Br)c(OCCCCCO)c(Br)c1)c1cc(Br)c(OCCCCCO)c(Br)c1. The molecule has 8 heteroatoms. The lowest BCUT2D eigenvalue weighted by atomic mass is 9.78. The Labute approximate surface area is 231 Å². The highest BCUT2D eigenvalue weighted by molar-refractivity contribution is 9.11. The van der Waals surface area contributed by atoms with Crippen molar-refractivity contribution in [2.24, 2.45) is 0 Å². The van der Waals surface area contributed by atoms with Gasteiger partial charge in [-0.2, -0.15) is 0 Å². The summed E-state index contributed by atoms with van der Waals surface area (Å²) >= 11 is 14.7. The molecule has 2 rings (SSSR count). The molecule has 0 unspecified atom stereocenters. The normalized spacial score (nSPS) is 11.6. The van der Waals surface area contributed by atoms with Crippen LogP contribution in [-0.4, -0.2) is 36.6 Å². The van der Waals surface area contributed by atoms with Crippen LogP contribution < -0.4 is 9.47 Å². The molecule has 0 aliphatic carbocycles. The minimum Gasteiger partial charge on any atom is -0.491 e. The van der Waals surface area contributed by atoms with Gasteiger partial charge >= 0.3 is 0 Å². The molecule has 0 spiro atoms. The van der Waals surface area contributed by atoms with E-state index in [2.05, 4.69) is 102 Å². The fourth-order valence-electron chi connectivity index (χ4n) is 3.41. The predicted octanol–water partition coefficient (Wildman–Crippen LogP) is 8.15. The zero-order valence-corrected chi connectivity index (χ0v) is 25.4. The molecule has 2 aromatic rings. The molecule has 0 bridgehead atoms. The molecule has 4 nitrogen and oxygen atoms in total. The number of benzene rings is 2. The summed E-state index contributed by atoms with van der Waals surface area (Å²) < 4.78 is 15.6. The van der Waals surface area contributed by atoms with E-state index in [0.717, 1.165) is 79.0 Å². The van der Waals surface area contributed by atoms with Gasteiger partial charge in [-0.3, -0.25) is 0 Å². The molecular formula is C25H32Br4O4. The molecule has 0 saturated heterocycles. The number of hydrogen-bond acceptors (Lipinski definition) is 4. The third-order valence-electron chi connectivity index (χ3n) is 5.54. The standard InChI is InChI=1S/C25H32Br4O4/c1-25(2,17-13-19(26)23(20(27)14-17)32-11-7-3-5-9-30)18-15-21(28)24(22(29)16-18)33-12-8-4-6-10-31/h13-16,30-31H,3-12H2,1-2H3. The van der Waals surface area contributed by atoms with Crippen molar-refractivity contribution in [1.29, 1.82) is 0 Å². The summed E-state index contributed by atoms with van der Waals surface area (Å²) in [5.74, 6) is 1.59. The Hall–Kier alpha value is -0.120. The molecule has 2 N–H and O–H groups in total. The summed E-state index contributed by atoms with van der Waals surface area (Å²) in [5.41, 5.74) is 2.02. The van der Waals surface area contributed by atoms with Crippen molar-refractivity contribution in [2.45, 2.75) is 57.8 Å². The van der Waals surface area contributed by atoms with Gasteiger partial charge in [0.25, 0.3) is 0 Å². The highest BCUT2D eigenvalue weighted by Crippen LogP contribution is 2.44. The molecule has 0 atom stereocenters. The van der Waals surface area contributed by atoms with Crippen LogP contribution >= 0.6 is 63.7 Å². The van der Waals surface area contributed by atoms with Crippen LogP contribution in [0.5, 0.6) is 11.5 Å². The van der Waals surface area contributed by atoms with Crippen LogP contribution in [0.1, 0.15) is 63.5 Å². The predicted molar refractivity (Wildman–Crippen MR) is 149 cm³/mol. The minimum absolute atomic E-state index is 0.223. The molecule has 184 valence electrons. The van der Waals surface area contributed by atoms with Crippen molar-refractivity contribution in [3.8, 4) is 11.5 Å². The van der Waals surface area contributed by atoms with Crippen LogP contribution in [0.25, 0.3) is 0 Å². The summed E-state index contributed by atoms with van der Waals surface area (Å²) in [4.78, 5) is 0. The molecule has 0 amide bonds. The lowest BCUT2D eigenvalue weighted by Crippen LogP contribution is -2.19. The summed E-state index contributed by atoms with van der Waals surface area (Å²) in [6.45, 7) is 6.06. The van der Waals surface area contributed by atoms with Gasteiger partial charge in [0, 0.05) is 18.6 Å². The minimum atomic E-state index is -0.268. The first-order valence-corrected chi connectivity index (χ1v) is 14.4. The smallest absolute Gasteiger partial charge is 0.147 e. The van der Waals surface area contributed by atoms with Gasteiger partial charge in [-0.05, 0) is 138 Å².